The second kappa shape index (κ2) is 4.75. The molecule has 0 fully saturated rings. The molecule has 0 aliphatic heterocycles. The van der Waals surface area contributed by atoms with Gasteiger partial charge in [-0.15, -0.1) is 0 Å². The first-order valence-corrected chi connectivity index (χ1v) is 4.55. The molecule has 0 amide bonds. The second-order valence-electron chi connectivity index (χ2n) is 3.22. The first-order valence-electron chi connectivity index (χ1n) is 4.55. The number of aliphatic hydroxyl groups excluding tert-OH is 1. The molecule has 0 aliphatic rings. The number of carboxylic acids is 1. The standard InChI is InChI=1S/C10H13NO4/c1-6(12)7(2)15-8-4-3-5-11-9(8)10(13)14/h3-7,12H,1-2H3,(H,13,14). The van der Waals surface area contributed by atoms with E-state index < -0.39 is 18.2 Å². The van der Waals surface area contributed by atoms with Crippen LogP contribution in [0.4, 0.5) is 0 Å². The molecule has 15 heavy (non-hydrogen) atoms. The number of aliphatic hydroxyl groups is 1. The molecule has 2 unspecified atom stereocenters. The zero-order chi connectivity index (χ0) is 11.4. The minimum absolute atomic E-state index is 0.148. The van der Waals surface area contributed by atoms with Crippen molar-refractivity contribution in [1.29, 1.82) is 0 Å². The zero-order valence-corrected chi connectivity index (χ0v) is 8.54. The first kappa shape index (κ1) is 11.5. The Morgan fingerprint density at radius 1 is 1.53 bits per heavy atom. The molecule has 1 aromatic rings. The van der Waals surface area contributed by atoms with Crippen LogP contribution in [0.1, 0.15) is 24.3 Å². The van der Waals surface area contributed by atoms with E-state index in [0.717, 1.165) is 0 Å². The molecule has 1 rings (SSSR count). The summed E-state index contributed by atoms with van der Waals surface area (Å²) in [5.74, 6) is -0.984. The molecule has 0 radical (unpaired) electrons. The van der Waals surface area contributed by atoms with Gasteiger partial charge in [0.1, 0.15) is 6.10 Å². The fraction of sp³-hybridized carbons (Fsp3) is 0.400. The maximum absolute atomic E-state index is 10.8. The monoisotopic (exact) mass is 211 g/mol. The Morgan fingerprint density at radius 2 is 2.20 bits per heavy atom. The van der Waals surface area contributed by atoms with E-state index in [2.05, 4.69) is 4.98 Å². The molecular formula is C10H13NO4. The van der Waals surface area contributed by atoms with Crippen molar-refractivity contribution in [1.82, 2.24) is 4.98 Å². The third-order valence-corrected chi connectivity index (χ3v) is 1.97. The van der Waals surface area contributed by atoms with Gasteiger partial charge in [-0.25, -0.2) is 9.78 Å². The quantitative estimate of drug-likeness (QED) is 0.774. The normalized spacial score (nSPS) is 14.3. The maximum Gasteiger partial charge on any atom is 0.358 e. The summed E-state index contributed by atoms with van der Waals surface area (Å²) < 4.78 is 5.27. The molecule has 0 bridgehead atoms. The molecule has 2 N–H and O–H groups in total. The van der Waals surface area contributed by atoms with E-state index in [9.17, 15) is 9.90 Å². The lowest BCUT2D eigenvalue weighted by atomic mass is 10.2. The van der Waals surface area contributed by atoms with Crippen molar-refractivity contribution in [2.24, 2.45) is 0 Å². The summed E-state index contributed by atoms with van der Waals surface area (Å²) in [6.45, 7) is 3.23. The number of ether oxygens (including phenoxy) is 1. The minimum Gasteiger partial charge on any atom is -0.485 e. The summed E-state index contributed by atoms with van der Waals surface area (Å²) in [6.07, 6.45) is 0.225. The Balaban J connectivity index is 2.89. The lowest BCUT2D eigenvalue weighted by Crippen LogP contribution is -2.26. The second-order valence-corrected chi connectivity index (χ2v) is 3.22. The summed E-state index contributed by atoms with van der Waals surface area (Å²) in [7, 11) is 0. The molecule has 1 heterocycles. The van der Waals surface area contributed by atoms with E-state index in [1.807, 2.05) is 0 Å². The van der Waals surface area contributed by atoms with Crippen molar-refractivity contribution >= 4 is 5.97 Å². The van der Waals surface area contributed by atoms with Gasteiger partial charge in [-0.2, -0.15) is 0 Å². The van der Waals surface area contributed by atoms with Gasteiger partial charge in [-0.1, -0.05) is 0 Å². The van der Waals surface area contributed by atoms with Crippen molar-refractivity contribution in [3.8, 4) is 5.75 Å². The Labute approximate surface area is 87.3 Å². The number of carboxylic acid groups (broad SMARTS) is 1. The average molecular weight is 211 g/mol. The third kappa shape index (κ3) is 2.92. The average Bonchev–Trinajstić information content (AvgIpc) is 2.18. The van der Waals surface area contributed by atoms with E-state index in [1.165, 1.54) is 12.3 Å². The molecule has 0 aliphatic carbocycles. The smallest absolute Gasteiger partial charge is 0.358 e. The Hall–Kier alpha value is -1.62. The Bertz CT molecular complexity index is 351. The fourth-order valence-electron chi connectivity index (χ4n) is 0.945. The molecule has 82 valence electrons. The first-order chi connectivity index (χ1) is 7.02. The van der Waals surface area contributed by atoms with E-state index in [0.29, 0.717) is 0 Å². The van der Waals surface area contributed by atoms with Crippen LogP contribution in [-0.4, -0.2) is 33.4 Å². The molecular weight excluding hydrogens is 198 g/mol. The molecule has 2 atom stereocenters. The topological polar surface area (TPSA) is 79.7 Å². The van der Waals surface area contributed by atoms with Crippen LogP contribution in [0.15, 0.2) is 18.3 Å². The highest BCUT2D eigenvalue weighted by molar-refractivity contribution is 5.88. The van der Waals surface area contributed by atoms with Crippen molar-refractivity contribution in [3.05, 3.63) is 24.0 Å². The van der Waals surface area contributed by atoms with E-state index in [1.54, 1.807) is 19.9 Å². The summed E-state index contributed by atoms with van der Waals surface area (Å²) in [5.41, 5.74) is -0.148. The summed E-state index contributed by atoms with van der Waals surface area (Å²) in [4.78, 5) is 14.5. The lowest BCUT2D eigenvalue weighted by Gasteiger charge is -2.17. The van der Waals surface area contributed by atoms with Crippen LogP contribution in [0.3, 0.4) is 0 Å². The van der Waals surface area contributed by atoms with Crippen molar-refractivity contribution in [2.45, 2.75) is 26.1 Å². The molecule has 0 spiro atoms. The number of nitrogens with zero attached hydrogens (tertiary/aromatic N) is 1. The van der Waals surface area contributed by atoms with Gasteiger partial charge >= 0.3 is 5.97 Å². The lowest BCUT2D eigenvalue weighted by molar-refractivity contribution is 0.0553. The van der Waals surface area contributed by atoms with Crippen LogP contribution in [0.2, 0.25) is 0 Å². The number of hydrogen-bond acceptors (Lipinski definition) is 4. The van der Waals surface area contributed by atoms with Gasteiger partial charge in [0.05, 0.1) is 6.10 Å². The molecule has 0 saturated heterocycles. The molecule has 5 heteroatoms. The highest BCUT2D eigenvalue weighted by Gasteiger charge is 2.16. The van der Waals surface area contributed by atoms with Crippen LogP contribution in [0.5, 0.6) is 5.75 Å². The number of hydrogen-bond donors (Lipinski definition) is 2. The van der Waals surface area contributed by atoms with Crippen LogP contribution in [0.25, 0.3) is 0 Å². The van der Waals surface area contributed by atoms with Crippen LogP contribution < -0.4 is 4.74 Å². The van der Waals surface area contributed by atoms with Crippen LogP contribution in [0, 0.1) is 0 Å². The molecule has 0 saturated carbocycles. The van der Waals surface area contributed by atoms with Crippen molar-refractivity contribution < 1.29 is 19.7 Å². The number of aromatic carboxylic acids is 1. The maximum atomic E-state index is 10.8. The predicted molar refractivity (Wildman–Crippen MR) is 53.0 cm³/mol. The minimum atomic E-state index is -1.15. The van der Waals surface area contributed by atoms with Crippen molar-refractivity contribution in [3.63, 3.8) is 0 Å². The highest BCUT2D eigenvalue weighted by atomic mass is 16.5. The van der Waals surface area contributed by atoms with Gasteiger partial charge in [-0.05, 0) is 26.0 Å². The number of aromatic nitrogens is 1. The predicted octanol–water partition coefficient (Wildman–Crippen LogP) is 0.928. The van der Waals surface area contributed by atoms with Gasteiger partial charge in [0, 0.05) is 6.20 Å². The molecule has 1 aromatic heterocycles. The number of rotatable bonds is 4. The number of carbonyl (C=O) groups is 1. The summed E-state index contributed by atoms with van der Waals surface area (Å²) in [5, 5.41) is 18.0. The highest BCUT2D eigenvalue weighted by Crippen LogP contribution is 2.17. The van der Waals surface area contributed by atoms with E-state index in [-0.39, 0.29) is 11.4 Å². The van der Waals surface area contributed by atoms with Gasteiger partial charge in [0.2, 0.25) is 0 Å². The van der Waals surface area contributed by atoms with Gasteiger partial charge in [0.15, 0.2) is 11.4 Å². The molecule has 5 nitrogen and oxygen atoms in total. The van der Waals surface area contributed by atoms with Gasteiger partial charge in [-0.3, -0.25) is 0 Å². The molecule has 0 aromatic carbocycles. The Morgan fingerprint density at radius 3 is 2.73 bits per heavy atom. The van der Waals surface area contributed by atoms with Crippen LogP contribution >= 0.6 is 0 Å². The van der Waals surface area contributed by atoms with Crippen LogP contribution in [-0.2, 0) is 0 Å². The largest absolute Gasteiger partial charge is 0.485 e. The third-order valence-electron chi connectivity index (χ3n) is 1.97. The Kier molecular flexibility index (Phi) is 3.62. The fourth-order valence-corrected chi connectivity index (χ4v) is 0.945. The van der Waals surface area contributed by atoms with E-state index >= 15 is 0 Å². The van der Waals surface area contributed by atoms with Gasteiger partial charge < -0.3 is 14.9 Å². The van der Waals surface area contributed by atoms with Crippen molar-refractivity contribution in [2.75, 3.05) is 0 Å². The SMILES string of the molecule is CC(O)C(C)Oc1cccnc1C(=O)O. The number of pyridine rings is 1. The summed E-state index contributed by atoms with van der Waals surface area (Å²) in [6, 6.07) is 3.09. The van der Waals surface area contributed by atoms with Gasteiger partial charge in [0.25, 0.3) is 0 Å². The van der Waals surface area contributed by atoms with E-state index in [4.69, 9.17) is 9.84 Å². The summed E-state index contributed by atoms with van der Waals surface area (Å²) >= 11 is 0. The zero-order valence-electron chi connectivity index (χ0n) is 8.54.